The summed E-state index contributed by atoms with van der Waals surface area (Å²) in [7, 11) is 0. The number of nitro groups is 2. The molecule has 0 radical (unpaired) electrons. The maximum Gasteiger partial charge on any atom is 0.278 e. The highest BCUT2D eigenvalue weighted by molar-refractivity contribution is 5.85. The number of rotatable bonds is 8. The van der Waals surface area contributed by atoms with Crippen LogP contribution in [0, 0.1) is 20.2 Å². The lowest BCUT2D eigenvalue weighted by molar-refractivity contribution is -0.385. The van der Waals surface area contributed by atoms with E-state index in [9.17, 15) is 20.2 Å². The predicted molar refractivity (Wildman–Crippen MR) is 131 cm³/mol. The summed E-state index contributed by atoms with van der Waals surface area (Å²) in [6.07, 6.45) is 5.66. The summed E-state index contributed by atoms with van der Waals surface area (Å²) in [5.41, 5.74) is 3.54. The van der Waals surface area contributed by atoms with Gasteiger partial charge in [0.15, 0.2) is 0 Å². The van der Waals surface area contributed by atoms with Gasteiger partial charge in [0.2, 0.25) is 17.8 Å². The van der Waals surface area contributed by atoms with Crippen molar-refractivity contribution in [2.24, 2.45) is 5.10 Å². The number of benzene rings is 2. The van der Waals surface area contributed by atoms with Crippen molar-refractivity contribution in [3.05, 3.63) is 74.3 Å². The maximum atomic E-state index is 11.2. The van der Waals surface area contributed by atoms with Crippen LogP contribution in [0.4, 0.5) is 34.9 Å². The molecular weight excluding hydrogens is 454 g/mol. The molecule has 35 heavy (non-hydrogen) atoms. The summed E-state index contributed by atoms with van der Waals surface area (Å²) < 4.78 is 0. The summed E-state index contributed by atoms with van der Waals surface area (Å²) in [6, 6.07) is 12.1. The first kappa shape index (κ1) is 23.5. The number of non-ortho nitro benzene ring substituents is 1. The van der Waals surface area contributed by atoms with Crippen LogP contribution < -0.4 is 15.6 Å². The molecular formula is C22H23N9O4. The summed E-state index contributed by atoms with van der Waals surface area (Å²) in [4.78, 5) is 36.6. The number of para-hydroxylation sites is 1. The van der Waals surface area contributed by atoms with Gasteiger partial charge in [-0.2, -0.15) is 20.1 Å². The normalized spacial score (nSPS) is 13.9. The van der Waals surface area contributed by atoms with E-state index in [2.05, 4.69) is 35.7 Å². The second-order valence-electron chi connectivity index (χ2n) is 7.80. The van der Waals surface area contributed by atoms with Crippen LogP contribution in [-0.4, -0.2) is 44.1 Å². The molecule has 0 saturated carbocycles. The fraction of sp³-hybridized carbons (Fsp3) is 0.273. The number of hydrogen-bond donors (Lipinski definition) is 2. The molecule has 13 heteroatoms. The molecule has 0 aliphatic carbocycles. The van der Waals surface area contributed by atoms with Crippen molar-refractivity contribution in [2.45, 2.75) is 25.7 Å². The summed E-state index contributed by atoms with van der Waals surface area (Å²) in [6.45, 7) is 1.61. The van der Waals surface area contributed by atoms with E-state index in [4.69, 9.17) is 0 Å². The Morgan fingerprint density at radius 2 is 1.54 bits per heavy atom. The fourth-order valence-corrected chi connectivity index (χ4v) is 3.60. The molecule has 1 aliphatic rings. The molecule has 2 aromatic carbocycles. The highest BCUT2D eigenvalue weighted by atomic mass is 16.6. The number of hydrazone groups is 1. The van der Waals surface area contributed by atoms with E-state index >= 15 is 0 Å². The van der Waals surface area contributed by atoms with Crippen molar-refractivity contribution < 1.29 is 9.85 Å². The van der Waals surface area contributed by atoms with Crippen LogP contribution >= 0.6 is 0 Å². The molecule has 180 valence electrons. The van der Waals surface area contributed by atoms with Crippen molar-refractivity contribution >= 4 is 41.1 Å². The third-order valence-electron chi connectivity index (χ3n) is 5.35. The third kappa shape index (κ3) is 6.22. The second kappa shape index (κ2) is 11.0. The molecule has 1 aliphatic heterocycles. The molecule has 1 fully saturated rings. The molecule has 2 N–H and O–H groups in total. The first-order chi connectivity index (χ1) is 17.0. The van der Waals surface area contributed by atoms with Crippen LogP contribution in [0.25, 0.3) is 0 Å². The van der Waals surface area contributed by atoms with Gasteiger partial charge >= 0.3 is 0 Å². The number of aromatic nitrogens is 3. The van der Waals surface area contributed by atoms with Gasteiger partial charge in [-0.15, -0.1) is 0 Å². The van der Waals surface area contributed by atoms with Crippen LogP contribution in [0.5, 0.6) is 0 Å². The fourth-order valence-electron chi connectivity index (χ4n) is 3.60. The molecule has 0 bridgehead atoms. The Bertz CT molecular complexity index is 1230. The van der Waals surface area contributed by atoms with Crippen LogP contribution in [0.15, 0.2) is 53.6 Å². The largest absolute Gasteiger partial charge is 0.341 e. The van der Waals surface area contributed by atoms with E-state index in [1.54, 1.807) is 30.3 Å². The van der Waals surface area contributed by atoms with E-state index < -0.39 is 9.85 Å². The molecule has 0 unspecified atom stereocenters. The van der Waals surface area contributed by atoms with Crippen LogP contribution in [-0.2, 0) is 0 Å². The van der Waals surface area contributed by atoms with E-state index in [0.717, 1.165) is 38.8 Å². The zero-order chi connectivity index (χ0) is 24.6. The molecule has 13 nitrogen and oxygen atoms in total. The lowest BCUT2D eigenvalue weighted by Gasteiger charge is -2.21. The Morgan fingerprint density at radius 3 is 2.23 bits per heavy atom. The first-order valence-corrected chi connectivity index (χ1v) is 11.0. The van der Waals surface area contributed by atoms with Gasteiger partial charge in [-0.1, -0.05) is 25.0 Å². The van der Waals surface area contributed by atoms with E-state index in [1.165, 1.54) is 24.4 Å². The highest BCUT2D eigenvalue weighted by Gasteiger charge is 2.16. The Kier molecular flexibility index (Phi) is 7.35. The van der Waals surface area contributed by atoms with Gasteiger partial charge in [0.1, 0.15) is 0 Å². The number of nitrogens with zero attached hydrogens (tertiary/aromatic N) is 7. The van der Waals surface area contributed by atoms with Crippen LogP contribution in [0.3, 0.4) is 0 Å². The minimum Gasteiger partial charge on any atom is -0.341 e. The number of hydrogen-bond acceptors (Lipinski definition) is 11. The minimum absolute atomic E-state index is 0.0249. The van der Waals surface area contributed by atoms with E-state index in [-0.39, 0.29) is 23.3 Å². The van der Waals surface area contributed by atoms with E-state index in [0.29, 0.717) is 17.2 Å². The topological polar surface area (TPSA) is 165 Å². The molecule has 0 atom stereocenters. The third-order valence-corrected chi connectivity index (χ3v) is 5.35. The summed E-state index contributed by atoms with van der Waals surface area (Å²) in [5.74, 6) is 0.852. The van der Waals surface area contributed by atoms with Crippen LogP contribution in [0.1, 0.15) is 31.2 Å². The average molecular weight is 477 g/mol. The SMILES string of the molecule is O=[N+]([O-])c1ccc(Nc2nc(N/N=C/c3ccccc3[N+](=O)[O-])nc(N3CCCCCC3)n2)cc1. The average Bonchev–Trinajstić information content (AvgIpc) is 3.14. The van der Waals surface area contributed by atoms with Gasteiger partial charge < -0.3 is 10.2 Å². The van der Waals surface area contributed by atoms with Crippen molar-refractivity contribution in [3.8, 4) is 0 Å². The zero-order valence-electron chi connectivity index (χ0n) is 18.7. The second-order valence-corrected chi connectivity index (χ2v) is 7.80. The molecule has 3 aromatic rings. The van der Waals surface area contributed by atoms with Crippen molar-refractivity contribution in [1.29, 1.82) is 0 Å². The number of anilines is 4. The monoisotopic (exact) mass is 477 g/mol. The Morgan fingerprint density at radius 1 is 0.857 bits per heavy atom. The van der Waals surface area contributed by atoms with Gasteiger partial charge in [0.05, 0.1) is 21.6 Å². The number of nitrogens with one attached hydrogen (secondary N) is 2. The Hall–Kier alpha value is -4.68. The standard InChI is InChI=1S/C22H23N9O4/c32-30(33)18-11-9-17(10-12-18)24-20-25-21(27-22(26-20)29-13-5-1-2-6-14-29)28-23-15-16-7-3-4-8-19(16)31(34)35/h3-4,7-12,15H,1-2,5-6,13-14H2,(H2,24,25,26,27,28)/b23-15+. The van der Waals surface area contributed by atoms with Gasteiger partial charge in [-0.05, 0) is 31.0 Å². The van der Waals surface area contributed by atoms with Crippen LogP contribution in [0.2, 0.25) is 0 Å². The van der Waals surface area contributed by atoms with Crippen molar-refractivity contribution in [2.75, 3.05) is 28.7 Å². The van der Waals surface area contributed by atoms with Crippen molar-refractivity contribution in [3.63, 3.8) is 0 Å². The first-order valence-electron chi connectivity index (χ1n) is 11.0. The highest BCUT2D eigenvalue weighted by Crippen LogP contribution is 2.22. The van der Waals surface area contributed by atoms with Crippen molar-refractivity contribution in [1.82, 2.24) is 15.0 Å². The molecule has 0 amide bonds. The molecule has 4 rings (SSSR count). The van der Waals surface area contributed by atoms with Gasteiger partial charge in [-0.3, -0.25) is 20.2 Å². The number of nitro benzene ring substituents is 2. The lowest BCUT2D eigenvalue weighted by Crippen LogP contribution is -2.26. The molecule has 2 heterocycles. The zero-order valence-corrected chi connectivity index (χ0v) is 18.7. The smallest absolute Gasteiger partial charge is 0.278 e. The summed E-state index contributed by atoms with van der Waals surface area (Å²) >= 11 is 0. The van der Waals surface area contributed by atoms with Gasteiger partial charge in [0.25, 0.3) is 11.4 Å². The molecule has 1 aromatic heterocycles. The maximum absolute atomic E-state index is 11.2. The quantitative estimate of drug-likeness (QED) is 0.272. The summed E-state index contributed by atoms with van der Waals surface area (Å²) in [5, 5.41) is 29.3. The Balaban J connectivity index is 1.59. The molecule has 1 saturated heterocycles. The Labute approximate surface area is 200 Å². The van der Waals surface area contributed by atoms with E-state index in [1.807, 2.05) is 0 Å². The predicted octanol–water partition coefficient (Wildman–Crippen LogP) is 4.26. The minimum atomic E-state index is -0.478. The molecule has 0 spiro atoms. The van der Waals surface area contributed by atoms with Gasteiger partial charge in [0, 0.05) is 37.0 Å². The lowest BCUT2D eigenvalue weighted by atomic mass is 10.2. The van der Waals surface area contributed by atoms with Gasteiger partial charge in [-0.25, -0.2) is 5.43 Å².